The van der Waals surface area contributed by atoms with Crippen LogP contribution in [-0.4, -0.2) is 14.7 Å². The summed E-state index contributed by atoms with van der Waals surface area (Å²) in [5.74, 6) is 0. The molecule has 40 valence electrons. The van der Waals surface area contributed by atoms with Gasteiger partial charge in [-0.05, 0) is 0 Å². The van der Waals surface area contributed by atoms with Gasteiger partial charge in [0.15, 0.2) is 0 Å². The minimum absolute atomic E-state index is 0. The van der Waals surface area contributed by atoms with Crippen molar-refractivity contribution in [2.24, 2.45) is 0 Å². The fraction of sp³-hybridized carbons (Fsp3) is 0. The molecular formula is H9K2NO4P+5. The van der Waals surface area contributed by atoms with Crippen LogP contribution in [0.4, 0.5) is 0 Å². The van der Waals surface area contributed by atoms with Crippen LogP contribution in [0.15, 0.2) is 0 Å². The van der Waals surface area contributed by atoms with Crippen molar-refractivity contribution >= 4 is 7.82 Å². The van der Waals surface area contributed by atoms with Gasteiger partial charge in [-0.25, -0.2) is 4.57 Å². The average Bonchev–Trinajstić information content (AvgIpc) is 0.722. The molecule has 0 aliphatic carbocycles. The molecule has 8 heteroatoms. The van der Waals surface area contributed by atoms with Gasteiger partial charge in [-0.3, -0.25) is 0 Å². The van der Waals surface area contributed by atoms with Gasteiger partial charge in [-0.15, -0.1) is 0 Å². The summed E-state index contributed by atoms with van der Waals surface area (Å²) < 4.78 is 8.88. The van der Waals surface area contributed by atoms with Gasteiger partial charge in [0.2, 0.25) is 0 Å². The Hall–Kier alpha value is 3.34. The standard InChI is InChI=1S/2K.H3N.H3O4P/c;;;1-5(2,3)4/h;;1H3;(H3,1,2,3,4)/q2*+1;;/p+3. The predicted octanol–water partition coefficient (Wildman–Crippen LogP) is -6.42. The average molecular weight is 196 g/mol. The van der Waals surface area contributed by atoms with Crippen molar-refractivity contribution in [2.75, 3.05) is 0 Å². The van der Waals surface area contributed by atoms with Gasteiger partial charge in [-0.1, -0.05) is 0 Å². The van der Waals surface area contributed by atoms with Crippen molar-refractivity contribution in [2.45, 2.75) is 0 Å². The molecule has 0 atom stereocenters. The number of rotatable bonds is 0. The van der Waals surface area contributed by atoms with Crippen LogP contribution in [0.1, 0.15) is 4.28 Å². The van der Waals surface area contributed by atoms with Gasteiger partial charge < -0.3 is 20.8 Å². The van der Waals surface area contributed by atoms with Gasteiger partial charge >= 0.3 is 115 Å². The van der Waals surface area contributed by atoms with E-state index < -0.39 is 7.82 Å². The summed E-state index contributed by atoms with van der Waals surface area (Å²) in [5, 5.41) is 0. The van der Waals surface area contributed by atoms with E-state index in [1.54, 1.807) is 0 Å². The quantitative estimate of drug-likeness (QED) is 0.227. The number of hydrogen-bond donors (Lipinski definition) is 4. The summed E-state index contributed by atoms with van der Waals surface area (Å²) in [4.78, 5) is 21.6. The Kier molecular flexibility index (Phi) is 29.1. The Morgan fingerprint density at radius 3 is 1.12 bits per heavy atom. The molecule has 0 saturated heterocycles. The van der Waals surface area contributed by atoms with Crippen LogP contribution in [0.2, 0.25) is 0 Å². The number of phosphoric acid groups is 1. The third-order valence-corrected chi connectivity index (χ3v) is 0. The maximum Gasteiger partial charge on any atom is 1.00 e. The van der Waals surface area contributed by atoms with Gasteiger partial charge in [-0.2, -0.15) is 0 Å². The first-order valence-corrected chi connectivity index (χ1v) is 2.35. The van der Waals surface area contributed by atoms with Crippen molar-refractivity contribution in [1.82, 2.24) is 6.15 Å². The summed E-state index contributed by atoms with van der Waals surface area (Å²) in [6, 6.07) is 0. The van der Waals surface area contributed by atoms with Crippen LogP contribution >= 0.6 is 7.82 Å². The summed E-state index contributed by atoms with van der Waals surface area (Å²) in [7, 11) is -4.64. The topological polar surface area (TPSA) is 113 Å². The van der Waals surface area contributed by atoms with Crippen LogP contribution in [-0.2, 0) is 4.57 Å². The van der Waals surface area contributed by atoms with E-state index >= 15 is 0 Å². The molecule has 0 aromatic heterocycles. The second-order valence-corrected chi connectivity index (χ2v) is 1.54. The summed E-state index contributed by atoms with van der Waals surface area (Å²) in [6.07, 6.45) is 0. The summed E-state index contributed by atoms with van der Waals surface area (Å²) in [6.45, 7) is 0. The molecular weight excluding hydrogens is 187 g/mol. The van der Waals surface area contributed by atoms with E-state index in [9.17, 15) is 0 Å². The Labute approximate surface area is 137 Å². The van der Waals surface area contributed by atoms with Crippen LogP contribution in [0, 0.1) is 0 Å². The Morgan fingerprint density at radius 1 is 1.12 bits per heavy atom. The Balaban J connectivity index is -0.00000000533. The predicted molar refractivity (Wildman–Crippen MR) is 22.6 cm³/mol. The molecule has 0 fully saturated rings. The van der Waals surface area contributed by atoms with E-state index in [0.29, 0.717) is 0 Å². The van der Waals surface area contributed by atoms with Crippen molar-refractivity contribution in [3.8, 4) is 0 Å². The fourth-order valence-electron chi connectivity index (χ4n) is 0. The maximum absolute atomic E-state index is 8.88. The SMILES string of the molecule is N.O=P(O)(O)O.[H+].[H+].[H+].[K+].[K+]. The maximum atomic E-state index is 8.88. The zero-order chi connectivity index (χ0) is 4.50. The molecule has 0 unspecified atom stereocenters. The van der Waals surface area contributed by atoms with Crippen molar-refractivity contribution in [3.05, 3.63) is 0 Å². The second kappa shape index (κ2) is 10.3. The molecule has 8 heavy (non-hydrogen) atoms. The van der Waals surface area contributed by atoms with Gasteiger partial charge in [0.25, 0.3) is 0 Å². The molecule has 0 aromatic carbocycles. The molecule has 0 aliphatic rings. The minimum Gasteiger partial charge on any atom is -0.344 e. The second-order valence-electron chi connectivity index (χ2n) is 0.513. The molecule has 0 amide bonds. The van der Waals surface area contributed by atoms with Crippen LogP contribution < -0.4 is 109 Å². The minimum atomic E-state index is -4.64. The van der Waals surface area contributed by atoms with Gasteiger partial charge in [0, 0.05) is 0 Å². The Bertz CT molecular complexity index is 69.5. The molecule has 0 bridgehead atoms. The monoisotopic (exact) mass is 196 g/mol. The van der Waals surface area contributed by atoms with Gasteiger partial charge in [0.1, 0.15) is 0 Å². The van der Waals surface area contributed by atoms with Crippen molar-refractivity contribution < 1.29 is 126 Å². The molecule has 0 heterocycles. The third-order valence-electron chi connectivity index (χ3n) is 0. The molecule has 6 N–H and O–H groups in total. The fourth-order valence-corrected chi connectivity index (χ4v) is 0. The van der Waals surface area contributed by atoms with E-state index in [1.165, 1.54) is 0 Å². The van der Waals surface area contributed by atoms with E-state index in [1.807, 2.05) is 0 Å². The molecule has 0 saturated carbocycles. The van der Waals surface area contributed by atoms with Crippen LogP contribution in [0.5, 0.6) is 0 Å². The van der Waals surface area contributed by atoms with Crippen molar-refractivity contribution in [3.63, 3.8) is 0 Å². The third kappa shape index (κ3) is 58.2. The molecule has 0 radical (unpaired) electrons. The largest absolute Gasteiger partial charge is 1.00 e. The zero-order valence-electron chi connectivity index (χ0n) is 7.90. The molecule has 5 nitrogen and oxygen atoms in total. The van der Waals surface area contributed by atoms with Crippen LogP contribution in [0.3, 0.4) is 0 Å². The first-order chi connectivity index (χ1) is 2.00. The van der Waals surface area contributed by atoms with E-state index in [2.05, 4.69) is 0 Å². The molecule has 0 spiro atoms. The van der Waals surface area contributed by atoms with Crippen molar-refractivity contribution in [1.29, 1.82) is 0 Å². The normalized spacial score (nSPS) is 7.38. The smallest absolute Gasteiger partial charge is 0.344 e. The molecule has 0 rings (SSSR count). The van der Waals surface area contributed by atoms with E-state index in [4.69, 9.17) is 19.2 Å². The summed E-state index contributed by atoms with van der Waals surface area (Å²) >= 11 is 0. The van der Waals surface area contributed by atoms with E-state index in [0.717, 1.165) is 0 Å². The van der Waals surface area contributed by atoms with E-state index in [-0.39, 0.29) is 113 Å². The zero-order valence-corrected chi connectivity index (χ0v) is 12.0. The van der Waals surface area contributed by atoms with Crippen LogP contribution in [0.25, 0.3) is 0 Å². The number of hydrogen-bond acceptors (Lipinski definition) is 2. The molecule has 0 aromatic rings. The first kappa shape index (κ1) is 22.5. The first-order valence-electron chi connectivity index (χ1n) is 0.783. The summed E-state index contributed by atoms with van der Waals surface area (Å²) in [5.41, 5.74) is 0. The molecule has 0 aliphatic heterocycles. The van der Waals surface area contributed by atoms with Gasteiger partial charge in [0.05, 0.1) is 0 Å². The Morgan fingerprint density at radius 2 is 1.12 bits per heavy atom.